The lowest BCUT2D eigenvalue weighted by Crippen LogP contribution is -2.64. The number of rotatable bonds is 24. The van der Waals surface area contributed by atoms with E-state index >= 15 is 0 Å². The van der Waals surface area contributed by atoms with Crippen molar-refractivity contribution in [1.29, 1.82) is 0 Å². The Kier molecular flexibility index (Phi) is 24.5. The Morgan fingerprint density at radius 2 is 1.13 bits per heavy atom. The number of carbonyl (C=O) groups excluding carboxylic acids is 2. The first kappa shape index (κ1) is 48.3. The monoisotopic (exact) mass is 790 g/mol. The minimum Gasteiger partial charge on any atom is -0.456 e. The molecule has 1 saturated carbocycles. The molecule has 0 aromatic rings. The van der Waals surface area contributed by atoms with Gasteiger partial charge in [0.05, 0.1) is 6.61 Å². The summed E-state index contributed by atoms with van der Waals surface area (Å²) in [6.07, 6.45) is -0.866. The lowest BCUT2D eigenvalue weighted by atomic mass is 9.85. The third kappa shape index (κ3) is 22.3. The second-order valence-corrected chi connectivity index (χ2v) is 14.8. The highest BCUT2D eigenvalue weighted by molar-refractivity contribution is 7.47. The van der Waals surface area contributed by atoms with Crippen LogP contribution in [0.25, 0.3) is 0 Å². The summed E-state index contributed by atoms with van der Waals surface area (Å²) in [5.74, 6) is 16.9. The molecular formula is C35H52O16P2. The van der Waals surface area contributed by atoms with Crippen molar-refractivity contribution in [3.05, 3.63) is 0 Å². The summed E-state index contributed by atoms with van der Waals surface area (Å²) in [4.78, 5) is 53.2. The van der Waals surface area contributed by atoms with E-state index in [0.29, 0.717) is 6.42 Å². The van der Waals surface area contributed by atoms with Gasteiger partial charge in [-0.25, -0.2) is 13.9 Å². The smallest absolute Gasteiger partial charge is 0.456 e. The molecule has 0 radical (unpaired) electrons. The summed E-state index contributed by atoms with van der Waals surface area (Å²) in [7, 11) is -10.7. The van der Waals surface area contributed by atoms with Gasteiger partial charge in [0.1, 0.15) is 43.2 Å². The van der Waals surface area contributed by atoms with E-state index < -0.39 is 83.5 Å². The highest BCUT2D eigenvalue weighted by Crippen LogP contribution is 2.49. The zero-order valence-corrected chi connectivity index (χ0v) is 31.8. The number of phosphoric ester groups is 2. The molecule has 0 aliphatic heterocycles. The quantitative estimate of drug-likeness (QED) is 0.0244. The van der Waals surface area contributed by atoms with Gasteiger partial charge in [0.15, 0.2) is 6.10 Å². The van der Waals surface area contributed by atoms with Gasteiger partial charge in [0, 0.05) is 12.3 Å². The predicted octanol–water partition coefficient (Wildman–Crippen LogP) is 2.39. The average Bonchev–Trinajstić information content (AvgIpc) is 3.10. The topological polar surface area (TPSA) is 256 Å². The molecule has 0 amide bonds. The maximum Gasteiger partial charge on any atom is 0.472 e. The maximum absolute atomic E-state index is 12.8. The number of unbranched alkanes of at least 4 members (excludes halogenated alkanes) is 12. The maximum atomic E-state index is 12.8. The van der Waals surface area contributed by atoms with Crippen LogP contribution in [0, 0.1) is 47.4 Å². The molecule has 16 nitrogen and oxygen atoms in total. The molecule has 0 aromatic carbocycles. The number of hydrogen-bond donors (Lipinski definition) is 7. The fourth-order valence-corrected chi connectivity index (χ4v) is 6.61. The molecule has 0 bridgehead atoms. The highest BCUT2D eigenvalue weighted by Gasteiger charge is 2.54. The van der Waals surface area contributed by atoms with Crippen molar-refractivity contribution in [2.45, 2.75) is 146 Å². The Labute approximate surface area is 311 Å². The number of aliphatic hydroxyl groups is 4. The van der Waals surface area contributed by atoms with Crippen LogP contribution in [0.5, 0.6) is 0 Å². The van der Waals surface area contributed by atoms with E-state index in [2.05, 4.69) is 58.8 Å². The summed E-state index contributed by atoms with van der Waals surface area (Å²) in [6, 6.07) is 0. The number of phosphoric acid groups is 2. The Morgan fingerprint density at radius 3 is 1.66 bits per heavy atom. The second-order valence-electron chi connectivity index (χ2n) is 12.2. The molecule has 0 aromatic heterocycles. The largest absolute Gasteiger partial charge is 0.472 e. The summed E-state index contributed by atoms with van der Waals surface area (Å²) >= 11 is 0. The van der Waals surface area contributed by atoms with Gasteiger partial charge in [-0.2, -0.15) is 0 Å². The molecule has 1 rings (SSSR count). The molecule has 0 spiro atoms. The van der Waals surface area contributed by atoms with Crippen LogP contribution in [0.1, 0.15) is 104 Å². The fraction of sp³-hybridized carbons (Fsp3) is 0.714. The standard InChI is InChI=1S/C35H52O16P2/c1-3-5-7-9-11-12-13-14-15-16-18-20-22-24-29(37)49-27(25-47-28(36)23-21-19-17-10-8-6-4-2)26-48-53(45,46)51-35-32(40)30(38)31(39)34(33(35)41)50-52(42,43)44/h27,30-35,38-41H,3,5,7,9,11-16,18,20,22,24-26H2,1-2H3,(H,45,46)(H2,42,43,44)/t27-,30-,31-,32?,33+,34?,35?/m1/s1. The lowest BCUT2D eigenvalue weighted by Gasteiger charge is -2.43. The number of aliphatic hydroxyl groups excluding tert-OH is 4. The van der Waals surface area contributed by atoms with Crippen LogP contribution in [0.3, 0.4) is 0 Å². The predicted molar refractivity (Wildman–Crippen MR) is 190 cm³/mol. The molecule has 8 atom stereocenters. The van der Waals surface area contributed by atoms with Gasteiger partial charge in [0.25, 0.3) is 0 Å². The summed E-state index contributed by atoms with van der Waals surface area (Å²) in [5, 5.41) is 40.8. The molecule has 1 fully saturated rings. The molecule has 4 unspecified atom stereocenters. The van der Waals surface area contributed by atoms with Crippen LogP contribution in [0.2, 0.25) is 0 Å². The molecule has 53 heavy (non-hydrogen) atoms. The van der Waals surface area contributed by atoms with Crippen LogP contribution < -0.4 is 0 Å². The van der Waals surface area contributed by atoms with Crippen molar-refractivity contribution < 1.29 is 76.9 Å². The average molecular weight is 791 g/mol. The van der Waals surface area contributed by atoms with Crippen LogP contribution in [-0.4, -0.2) is 103 Å². The number of hydrogen-bond acceptors (Lipinski definition) is 13. The van der Waals surface area contributed by atoms with E-state index in [4.69, 9.17) is 28.3 Å². The first-order chi connectivity index (χ1) is 25.1. The molecule has 0 heterocycles. The van der Waals surface area contributed by atoms with Gasteiger partial charge < -0.3 is 44.6 Å². The Hall–Kier alpha value is -2.76. The Balaban J connectivity index is 2.78. The van der Waals surface area contributed by atoms with Gasteiger partial charge in [-0.3, -0.25) is 18.4 Å². The van der Waals surface area contributed by atoms with E-state index in [9.17, 15) is 44.0 Å². The van der Waals surface area contributed by atoms with Gasteiger partial charge in [-0.05, 0) is 48.9 Å². The van der Waals surface area contributed by atoms with Crippen LogP contribution >= 0.6 is 15.6 Å². The number of ether oxygens (including phenoxy) is 2. The number of carbonyl (C=O) groups is 2. The van der Waals surface area contributed by atoms with Gasteiger partial charge >= 0.3 is 27.6 Å². The van der Waals surface area contributed by atoms with Crippen LogP contribution in [0.4, 0.5) is 0 Å². The van der Waals surface area contributed by atoms with Crippen molar-refractivity contribution >= 4 is 27.6 Å². The van der Waals surface area contributed by atoms with E-state index in [0.717, 1.165) is 32.1 Å². The fourth-order valence-electron chi connectivity index (χ4n) is 5.07. The molecule has 298 valence electrons. The zero-order chi connectivity index (χ0) is 39.7. The summed E-state index contributed by atoms with van der Waals surface area (Å²) in [5.41, 5.74) is 0. The summed E-state index contributed by atoms with van der Waals surface area (Å²) in [6.45, 7) is 2.15. The van der Waals surface area contributed by atoms with E-state index in [1.54, 1.807) is 6.92 Å². The van der Waals surface area contributed by atoms with Crippen molar-refractivity contribution in [2.75, 3.05) is 13.2 Å². The molecule has 1 aliphatic rings. The van der Waals surface area contributed by atoms with Crippen molar-refractivity contribution in [1.82, 2.24) is 0 Å². The minimum absolute atomic E-state index is 0.0179. The van der Waals surface area contributed by atoms with Gasteiger partial charge in [-0.15, -0.1) is 0 Å². The van der Waals surface area contributed by atoms with E-state index in [1.807, 2.05) is 0 Å². The number of esters is 2. The van der Waals surface area contributed by atoms with Gasteiger partial charge in [0.2, 0.25) is 0 Å². The molecule has 18 heteroatoms. The van der Waals surface area contributed by atoms with Crippen molar-refractivity contribution in [2.24, 2.45) is 0 Å². The zero-order valence-electron chi connectivity index (χ0n) is 30.1. The third-order valence-electron chi connectivity index (χ3n) is 7.77. The molecule has 7 N–H and O–H groups in total. The van der Waals surface area contributed by atoms with Crippen LogP contribution in [-0.2, 0) is 41.8 Å². The van der Waals surface area contributed by atoms with E-state index in [-0.39, 0.29) is 6.42 Å². The third-order valence-corrected chi connectivity index (χ3v) is 9.27. The van der Waals surface area contributed by atoms with Crippen LogP contribution in [0.15, 0.2) is 0 Å². The Morgan fingerprint density at radius 1 is 0.642 bits per heavy atom. The highest BCUT2D eigenvalue weighted by atomic mass is 31.2. The molecular weight excluding hydrogens is 738 g/mol. The first-order valence-electron chi connectivity index (χ1n) is 17.5. The van der Waals surface area contributed by atoms with Gasteiger partial charge in [-0.1, -0.05) is 89.9 Å². The van der Waals surface area contributed by atoms with Crippen molar-refractivity contribution in [3.63, 3.8) is 0 Å². The lowest BCUT2D eigenvalue weighted by molar-refractivity contribution is -0.216. The minimum atomic E-state index is -5.38. The molecule has 1 aliphatic carbocycles. The Bertz CT molecular complexity index is 1470. The second kappa shape index (κ2) is 26.9. The van der Waals surface area contributed by atoms with Crippen molar-refractivity contribution in [3.8, 4) is 47.4 Å². The first-order valence-corrected chi connectivity index (χ1v) is 20.5. The SMILES string of the molecule is CC#CC#CC#CC#CC(=O)OC[C@H](COP(=O)(O)OC1C(O)[C@H](O)[C@@H](O)C(OP(=O)(O)O)[C@@H]1O)OC(=O)CCCCCCCCCCCCCCC. The van der Waals surface area contributed by atoms with E-state index in [1.165, 1.54) is 44.9 Å². The summed E-state index contributed by atoms with van der Waals surface area (Å²) < 4.78 is 48.3. The normalized spacial score (nSPS) is 22.5. The molecule has 0 saturated heterocycles.